The second-order valence-electron chi connectivity index (χ2n) is 9.23. The van der Waals surface area contributed by atoms with Crippen molar-refractivity contribution in [1.29, 1.82) is 0 Å². The minimum Gasteiger partial charge on any atom is -0.486 e. The van der Waals surface area contributed by atoms with Gasteiger partial charge in [0.2, 0.25) is 5.91 Å². The molecule has 1 amide bonds. The van der Waals surface area contributed by atoms with E-state index in [-0.39, 0.29) is 17.0 Å². The first kappa shape index (κ1) is 26.3. The summed E-state index contributed by atoms with van der Waals surface area (Å²) in [5.74, 6) is 0.176. The lowest BCUT2D eigenvalue weighted by atomic mass is 10.0. The third kappa shape index (κ3) is 6.21. The van der Waals surface area contributed by atoms with Crippen LogP contribution in [0.2, 0.25) is 5.02 Å². The maximum atomic E-state index is 13.6. The Labute approximate surface area is 224 Å². The molecule has 2 aliphatic heterocycles. The molecule has 0 radical (unpaired) electrons. The van der Waals surface area contributed by atoms with Crippen molar-refractivity contribution in [2.24, 2.45) is 0 Å². The topological polar surface area (TPSA) is 97.8 Å². The molecule has 38 heavy (non-hydrogen) atoms. The zero-order chi connectivity index (χ0) is 26.5. The molecule has 2 aromatic carbocycles. The van der Waals surface area contributed by atoms with Gasteiger partial charge in [-0.25, -0.2) is 14.4 Å². The van der Waals surface area contributed by atoms with Crippen molar-refractivity contribution in [2.45, 2.75) is 25.0 Å². The van der Waals surface area contributed by atoms with Crippen LogP contribution < -0.4 is 15.4 Å². The van der Waals surface area contributed by atoms with E-state index in [1.165, 1.54) is 24.5 Å². The third-order valence-electron chi connectivity index (χ3n) is 6.59. The summed E-state index contributed by atoms with van der Waals surface area (Å²) in [4.78, 5) is 23.9. The van der Waals surface area contributed by atoms with Crippen molar-refractivity contribution in [3.63, 3.8) is 0 Å². The van der Waals surface area contributed by atoms with E-state index in [4.69, 9.17) is 25.8 Å². The van der Waals surface area contributed by atoms with Crippen LogP contribution in [0.4, 0.5) is 21.6 Å². The summed E-state index contributed by atoms with van der Waals surface area (Å²) in [6.07, 6.45) is 6.52. The highest BCUT2D eigenvalue weighted by Crippen LogP contribution is 2.35. The van der Waals surface area contributed by atoms with Crippen molar-refractivity contribution >= 4 is 45.6 Å². The number of carbonyl (C=O) groups is 1. The van der Waals surface area contributed by atoms with Gasteiger partial charge in [-0.1, -0.05) is 17.7 Å². The Kier molecular flexibility index (Phi) is 8.33. The summed E-state index contributed by atoms with van der Waals surface area (Å²) in [6, 6.07) is 8.25. The van der Waals surface area contributed by atoms with Gasteiger partial charge in [-0.3, -0.25) is 9.69 Å². The van der Waals surface area contributed by atoms with E-state index in [9.17, 15) is 9.18 Å². The highest BCUT2D eigenvalue weighted by Gasteiger charge is 2.26. The number of anilines is 3. The molecule has 2 saturated heterocycles. The number of hydrogen-bond donors (Lipinski definition) is 2. The van der Waals surface area contributed by atoms with Crippen molar-refractivity contribution in [2.75, 3.05) is 50.7 Å². The predicted molar refractivity (Wildman–Crippen MR) is 144 cm³/mol. The molecule has 0 saturated carbocycles. The van der Waals surface area contributed by atoms with Crippen molar-refractivity contribution < 1.29 is 23.4 Å². The molecule has 0 bridgehead atoms. The number of ether oxygens (including phenoxy) is 3. The molecule has 11 heteroatoms. The molecule has 200 valence electrons. The molecule has 1 unspecified atom stereocenters. The van der Waals surface area contributed by atoms with Gasteiger partial charge in [0.1, 0.15) is 29.8 Å². The van der Waals surface area contributed by atoms with Crippen LogP contribution in [0.15, 0.2) is 48.8 Å². The average molecular weight is 542 g/mol. The summed E-state index contributed by atoms with van der Waals surface area (Å²) in [5.41, 5.74) is 1.65. The van der Waals surface area contributed by atoms with E-state index in [1.54, 1.807) is 25.3 Å². The van der Waals surface area contributed by atoms with Gasteiger partial charge in [0.15, 0.2) is 0 Å². The highest BCUT2D eigenvalue weighted by atomic mass is 35.5. The first-order valence-corrected chi connectivity index (χ1v) is 12.8. The fraction of sp³-hybridized carbons (Fsp3) is 0.370. The molecule has 5 rings (SSSR count). The van der Waals surface area contributed by atoms with Crippen LogP contribution in [0, 0.1) is 5.82 Å². The summed E-state index contributed by atoms with van der Waals surface area (Å²) in [6.45, 7) is 3.45. The van der Waals surface area contributed by atoms with Crippen LogP contribution in [0.1, 0.15) is 12.8 Å². The number of benzene rings is 2. The van der Waals surface area contributed by atoms with Crippen LogP contribution in [0.5, 0.6) is 5.75 Å². The third-order valence-corrected chi connectivity index (χ3v) is 6.88. The lowest BCUT2D eigenvalue weighted by Crippen LogP contribution is -2.50. The monoisotopic (exact) mass is 541 g/mol. The molecule has 2 fully saturated rings. The average Bonchev–Trinajstić information content (AvgIpc) is 3.40. The van der Waals surface area contributed by atoms with E-state index >= 15 is 0 Å². The van der Waals surface area contributed by atoms with E-state index in [0.717, 1.165) is 19.4 Å². The fourth-order valence-corrected chi connectivity index (χ4v) is 4.64. The number of amides is 1. The molecule has 2 atom stereocenters. The number of fused-ring (bicyclic) bond motifs is 1. The molecular formula is C27H29ClFN5O4. The van der Waals surface area contributed by atoms with Gasteiger partial charge in [-0.2, -0.15) is 0 Å². The Morgan fingerprint density at radius 2 is 2.18 bits per heavy atom. The number of hydrogen-bond acceptors (Lipinski definition) is 8. The molecule has 2 N–H and O–H groups in total. The number of aromatic nitrogens is 2. The van der Waals surface area contributed by atoms with Gasteiger partial charge in [0.25, 0.3) is 0 Å². The van der Waals surface area contributed by atoms with E-state index in [2.05, 4.69) is 25.5 Å². The van der Waals surface area contributed by atoms with Gasteiger partial charge in [-0.05, 0) is 30.7 Å². The second-order valence-corrected chi connectivity index (χ2v) is 9.64. The SMILES string of the molecule is COCC1CCN1C/C=C/C(=O)Nc1cc2c(Nc3ccc(F)c(Cl)c3)ncnc2cc1O[C@H]1CCOC1. The number of nitrogens with one attached hydrogen (secondary N) is 2. The quantitative estimate of drug-likeness (QED) is 0.361. The number of halogens is 2. The Balaban J connectivity index is 1.39. The molecular weight excluding hydrogens is 513 g/mol. The van der Waals surface area contributed by atoms with Gasteiger partial charge in [0.05, 0.1) is 36.0 Å². The van der Waals surface area contributed by atoms with Gasteiger partial charge >= 0.3 is 0 Å². The minimum atomic E-state index is -0.510. The van der Waals surface area contributed by atoms with Gasteiger partial charge < -0.3 is 24.8 Å². The number of likely N-dealkylation sites (tertiary alicyclic amines) is 1. The van der Waals surface area contributed by atoms with Crippen LogP contribution in [-0.2, 0) is 14.3 Å². The number of carbonyl (C=O) groups excluding carboxylic acids is 1. The minimum absolute atomic E-state index is 0.00524. The van der Waals surface area contributed by atoms with Crippen molar-refractivity contribution in [3.8, 4) is 5.75 Å². The number of nitrogens with zero attached hydrogens (tertiary/aromatic N) is 3. The molecule has 1 aromatic heterocycles. The Morgan fingerprint density at radius 1 is 1.29 bits per heavy atom. The Morgan fingerprint density at radius 3 is 2.92 bits per heavy atom. The van der Waals surface area contributed by atoms with Crippen molar-refractivity contribution in [3.05, 3.63) is 59.7 Å². The van der Waals surface area contributed by atoms with Gasteiger partial charge in [-0.15, -0.1) is 0 Å². The number of methoxy groups -OCH3 is 1. The normalized spacial score (nSPS) is 19.6. The largest absolute Gasteiger partial charge is 0.486 e. The summed E-state index contributed by atoms with van der Waals surface area (Å²) >= 11 is 5.94. The molecule has 9 nitrogen and oxygen atoms in total. The lowest BCUT2D eigenvalue weighted by molar-refractivity contribution is -0.112. The maximum absolute atomic E-state index is 13.6. The predicted octanol–water partition coefficient (Wildman–Crippen LogP) is 4.55. The Hall–Kier alpha value is -3.31. The summed E-state index contributed by atoms with van der Waals surface area (Å²) in [7, 11) is 1.70. The first-order valence-electron chi connectivity index (χ1n) is 12.5. The van der Waals surface area contributed by atoms with Crippen LogP contribution in [0.25, 0.3) is 10.9 Å². The second kappa shape index (κ2) is 12.0. The summed E-state index contributed by atoms with van der Waals surface area (Å²) in [5, 5.41) is 6.74. The van der Waals surface area contributed by atoms with E-state index in [1.807, 2.05) is 6.08 Å². The lowest BCUT2D eigenvalue weighted by Gasteiger charge is -2.39. The maximum Gasteiger partial charge on any atom is 0.248 e. The zero-order valence-corrected chi connectivity index (χ0v) is 21.7. The van der Waals surface area contributed by atoms with E-state index in [0.29, 0.717) is 66.3 Å². The van der Waals surface area contributed by atoms with E-state index < -0.39 is 5.82 Å². The molecule has 2 aliphatic rings. The molecule has 3 aromatic rings. The standard InChI is InChI=1S/C27H29ClFN5O4/c1-36-14-18-6-9-34(18)8-2-3-26(35)33-24-12-20-23(13-25(24)38-19-7-10-37-15-19)30-16-31-27(20)32-17-4-5-22(29)21(28)11-17/h2-5,11-13,16,18-19H,6-10,14-15H2,1H3,(H,33,35)(H,30,31,32)/b3-2+/t18?,19-/m0/s1. The first-order chi connectivity index (χ1) is 18.5. The van der Waals surface area contributed by atoms with Crippen LogP contribution >= 0.6 is 11.6 Å². The number of rotatable bonds is 10. The van der Waals surface area contributed by atoms with Crippen LogP contribution in [0.3, 0.4) is 0 Å². The Bertz CT molecular complexity index is 1330. The smallest absolute Gasteiger partial charge is 0.248 e. The highest BCUT2D eigenvalue weighted by molar-refractivity contribution is 6.31. The van der Waals surface area contributed by atoms with Gasteiger partial charge in [0, 0.05) is 55.9 Å². The summed E-state index contributed by atoms with van der Waals surface area (Å²) < 4.78 is 30.5. The van der Waals surface area contributed by atoms with Crippen LogP contribution in [-0.4, -0.2) is 72.9 Å². The fourth-order valence-electron chi connectivity index (χ4n) is 4.46. The molecule has 0 aliphatic carbocycles. The zero-order valence-electron chi connectivity index (χ0n) is 21.0. The van der Waals surface area contributed by atoms with Crippen molar-refractivity contribution in [1.82, 2.24) is 14.9 Å². The molecule has 0 spiro atoms. The molecule has 3 heterocycles.